The highest BCUT2D eigenvalue weighted by molar-refractivity contribution is 6.30. The smallest absolute Gasteiger partial charge is 0.343 e. The fourth-order valence-corrected chi connectivity index (χ4v) is 4.49. The Morgan fingerprint density at radius 1 is 0.947 bits per heavy atom. The maximum atomic E-state index is 14.6. The van der Waals surface area contributed by atoms with Crippen molar-refractivity contribution < 1.29 is 31.5 Å². The van der Waals surface area contributed by atoms with Gasteiger partial charge in [0.15, 0.2) is 0 Å². The van der Waals surface area contributed by atoms with Crippen molar-refractivity contribution in [3.8, 4) is 0 Å². The first-order chi connectivity index (χ1) is 18.0. The summed E-state index contributed by atoms with van der Waals surface area (Å²) < 4.78 is 69.3. The molecule has 12 heteroatoms. The number of urea groups is 1. The molecular formula is C26H22ClF5N4O2. The third-order valence-corrected chi connectivity index (χ3v) is 6.39. The van der Waals surface area contributed by atoms with Crippen molar-refractivity contribution >= 4 is 29.2 Å². The van der Waals surface area contributed by atoms with Crippen LogP contribution in [0.1, 0.15) is 36.1 Å². The van der Waals surface area contributed by atoms with E-state index in [9.17, 15) is 31.5 Å². The molecule has 3 amide bonds. The van der Waals surface area contributed by atoms with Crippen LogP contribution in [0.5, 0.6) is 0 Å². The van der Waals surface area contributed by atoms with Gasteiger partial charge in [0.05, 0.1) is 22.7 Å². The van der Waals surface area contributed by atoms with E-state index in [4.69, 9.17) is 11.6 Å². The first-order valence-electron chi connectivity index (χ1n) is 11.6. The van der Waals surface area contributed by atoms with E-state index in [1.54, 1.807) is 0 Å². The van der Waals surface area contributed by atoms with Crippen LogP contribution >= 0.6 is 11.6 Å². The molecule has 1 aliphatic heterocycles. The molecule has 1 atom stereocenters. The summed E-state index contributed by atoms with van der Waals surface area (Å²) in [7, 11) is 0. The fourth-order valence-electron chi connectivity index (χ4n) is 4.38. The summed E-state index contributed by atoms with van der Waals surface area (Å²) in [6.45, 7) is 0.852. The maximum Gasteiger partial charge on any atom is 0.416 e. The first kappa shape index (κ1) is 27.3. The molecule has 0 bridgehead atoms. The Bertz CT molecular complexity index is 1330. The molecule has 1 saturated heterocycles. The van der Waals surface area contributed by atoms with Gasteiger partial charge in [-0.15, -0.1) is 0 Å². The molecule has 3 aromatic rings. The molecule has 1 aliphatic rings. The van der Waals surface area contributed by atoms with Crippen LogP contribution in [0, 0.1) is 11.6 Å². The van der Waals surface area contributed by atoms with E-state index in [0.29, 0.717) is 25.2 Å². The second-order valence-corrected chi connectivity index (χ2v) is 9.28. The average molecular weight is 553 g/mol. The van der Waals surface area contributed by atoms with Gasteiger partial charge in [0.1, 0.15) is 17.2 Å². The molecular weight excluding hydrogens is 531 g/mol. The molecule has 6 nitrogen and oxygen atoms in total. The minimum atomic E-state index is -4.92. The summed E-state index contributed by atoms with van der Waals surface area (Å²) in [6, 6.07) is 8.45. The molecule has 2 aromatic carbocycles. The SMILES string of the molecule is O=C(Nc1cccc(F)c1)N[C@@](CC(=O)N1CCCC1)(c1cc(F)cc(C(F)(F)F)c1)c1ccc(Cl)cn1. The molecule has 0 spiro atoms. The van der Waals surface area contributed by atoms with Gasteiger partial charge in [-0.3, -0.25) is 9.78 Å². The number of carbonyl (C=O) groups excluding carboxylic acids is 2. The standard InChI is InChI=1S/C26H22ClF5N4O2/c27-18-6-7-22(33-15-18)25(14-23(37)36-8-1-2-9-36,16-10-17(26(30,31)32)12-20(29)11-16)35-24(38)34-21-5-3-4-19(28)13-21/h3-7,10-13,15H,1-2,8-9,14H2,(H2,34,35,38)/t25-/m0/s1. The Kier molecular flexibility index (Phi) is 7.86. The third-order valence-electron chi connectivity index (χ3n) is 6.17. The Labute approximate surface area is 219 Å². The lowest BCUT2D eigenvalue weighted by molar-refractivity contribution is -0.137. The number of alkyl halides is 3. The van der Waals surface area contributed by atoms with Crippen LogP contribution in [-0.2, 0) is 16.5 Å². The highest BCUT2D eigenvalue weighted by Gasteiger charge is 2.43. The summed E-state index contributed by atoms with van der Waals surface area (Å²) >= 11 is 5.97. The van der Waals surface area contributed by atoms with Gasteiger partial charge in [-0.25, -0.2) is 13.6 Å². The molecule has 38 heavy (non-hydrogen) atoms. The third kappa shape index (κ3) is 6.21. The predicted molar refractivity (Wildman–Crippen MR) is 130 cm³/mol. The number of likely N-dealkylation sites (tertiary alicyclic amines) is 1. The second kappa shape index (κ2) is 10.9. The van der Waals surface area contributed by atoms with Crippen LogP contribution < -0.4 is 10.6 Å². The van der Waals surface area contributed by atoms with Crippen LogP contribution in [-0.4, -0.2) is 34.9 Å². The molecule has 200 valence electrons. The van der Waals surface area contributed by atoms with Gasteiger partial charge in [-0.05, 0) is 66.9 Å². The number of anilines is 1. The molecule has 2 N–H and O–H groups in total. The van der Waals surface area contributed by atoms with Crippen molar-refractivity contribution in [1.82, 2.24) is 15.2 Å². The van der Waals surface area contributed by atoms with Gasteiger partial charge in [0.25, 0.3) is 0 Å². The van der Waals surface area contributed by atoms with Crippen LogP contribution in [0.15, 0.2) is 60.8 Å². The molecule has 0 saturated carbocycles. The maximum absolute atomic E-state index is 14.6. The fraction of sp³-hybridized carbons (Fsp3) is 0.269. The molecule has 0 unspecified atom stereocenters. The number of pyridine rings is 1. The van der Waals surface area contributed by atoms with Gasteiger partial charge < -0.3 is 15.5 Å². The number of aromatic nitrogens is 1. The number of benzene rings is 2. The topological polar surface area (TPSA) is 74.3 Å². The molecule has 1 aromatic heterocycles. The van der Waals surface area contributed by atoms with Crippen molar-refractivity contribution in [2.24, 2.45) is 0 Å². The van der Waals surface area contributed by atoms with Gasteiger partial charge in [0, 0.05) is 25.0 Å². The lowest BCUT2D eigenvalue weighted by atomic mass is 9.81. The second-order valence-electron chi connectivity index (χ2n) is 8.85. The Morgan fingerprint density at radius 3 is 2.29 bits per heavy atom. The number of amides is 3. The van der Waals surface area contributed by atoms with Crippen LogP contribution in [0.25, 0.3) is 0 Å². The number of halogens is 6. The number of carbonyl (C=O) groups is 2. The quantitative estimate of drug-likeness (QED) is 0.362. The number of rotatable bonds is 6. The summed E-state index contributed by atoms with van der Waals surface area (Å²) in [4.78, 5) is 32.3. The van der Waals surface area contributed by atoms with E-state index < -0.39 is 47.3 Å². The number of nitrogens with zero attached hydrogens (tertiary/aromatic N) is 2. The highest BCUT2D eigenvalue weighted by atomic mass is 35.5. The van der Waals surface area contributed by atoms with Crippen LogP contribution in [0.4, 0.5) is 32.4 Å². The minimum absolute atomic E-state index is 0.0431. The zero-order valence-electron chi connectivity index (χ0n) is 19.8. The Morgan fingerprint density at radius 2 is 1.66 bits per heavy atom. The van der Waals surface area contributed by atoms with Gasteiger partial charge >= 0.3 is 12.2 Å². The zero-order valence-corrected chi connectivity index (χ0v) is 20.5. The van der Waals surface area contributed by atoms with Gasteiger partial charge in [-0.2, -0.15) is 13.2 Å². The van der Waals surface area contributed by atoms with Crippen LogP contribution in [0.3, 0.4) is 0 Å². The average Bonchev–Trinajstić information content (AvgIpc) is 3.38. The largest absolute Gasteiger partial charge is 0.416 e. The van der Waals surface area contributed by atoms with E-state index in [0.717, 1.165) is 31.0 Å². The van der Waals surface area contributed by atoms with E-state index >= 15 is 0 Å². The first-order valence-corrected chi connectivity index (χ1v) is 12.0. The van der Waals surface area contributed by atoms with E-state index in [-0.39, 0.29) is 22.0 Å². The van der Waals surface area contributed by atoms with Crippen molar-refractivity contribution in [2.45, 2.75) is 31.0 Å². The lowest BCUT2D eigenvalue weighted by Crippen LogP contribution is -2.52. The highest BCUT2D eigenvalue weighted by Crippen LogP contribution is 2.38. The zero-order chi connectivity index (χ0) is 27.5. The molecule has 4 rings (SSSR count). The molecule has 1 fully saturated rings. The summed E-state index contributed by atoms with van der Waals surface area (Å²) in [5, 5.41) is 5.15. The molecule has 2 heterocycles. The number of hydrogen-bond donors (Lipinski definition) is 2. The number of nitrogens with one attached hydrogen (secondary N) is 2. The normalized spacial score (nSPS) is 15.2. The molecule has 0 aliphatic carbocycles. The van der Waals surface area contributed by atoms with Gasteiger partial charge in [0.2, 0.25) is 5.91 Å². The van der Waals surface area contributed by atoms with Crippen molar-refractivity contribution in [3.63, 3.8) is 0 Å². The van der Waals surface area contributed by atoms with E-state index in [1.807, 2.05) is 0 Å². The van der Waals surface area contributed by atoms with Crippen molar-refractivity contribution in [3.05, 3.63) is 94.3 Å². The van der Waals surface area contributed by atoms with Crippen LogP contribution in [0.2, 0.25) is 5.02 Å². The van der Waals surface area contributed by atoms with E-state index in [2.05, 4.69) is 15.6 Å². The summed E-state index contributed by atoms with van der Waals surface area (Å²) in [5.74, 6) is -2.35. The monoisotopic (exact) mass is 552 g/mol. The van der Waals surface area contributed by atoms with E-state index in [1.165, 1.54) is 35.4 Å². The summed E-state index contributed by atoms with van der Waals surface area (Å²) in [6.07, 6.45) is -2.81. The summed E-state index contributed by atoms with van der Waals surface area (Å²) in [5.41, 5.74) is -3.73. The minimum Gasteiger partial charge on any atom is -0.343 e. The number of hydrogen-bond acceptors (Lipinski definition) is 3. The lowest BCUT2D eigenvalue weighted by Gasteiger charge is -2.36. The predicted octanol–water partition coefficient (Wildman–Crippen LogP) is 6.11. The Balaban J connectivity index is 1.87. The Hall–Kier alpha value is -3.73. The molecule has 0 radical (unpaired) electrons. The van der Waals surface area contributed by atoms with Crippen molar-refractivity contribution in [1.29, 1.82) is 0 Å². The van der Waals surface area contributed by atoms with Crippen molar-refractivity contribution in [2.75, 3.05) is 18.4 Å². The van der Waals surface area contributed by atoms with Gasteiger partial charge in [-0.1, -0.05) is 17.7 Å².